The van der Waals surface area contributed by atoms with Gasteiger partial charge >= 0.3 is 0 Å². The van der Waals surface area contributed by atoms with Crippen molar-refractivity contribution in [2.75, 3.05) is 6.54 Å². The van der Waals surface area contributed by atoms with Crippen LogP contribution in [0.4, 0.5) is 0 Å². The molecule has 0 saturated heterocycles. The second-order valence-electron chi connectivity index (χ2n) is 8.16. The van der Waals surface area contributed by atoms with E-state index in [2.05, 4.69) is 43.4 Å². The fraction of sp³-hybridized carbons (Fsp3) is 0.462. The molecule has 1 atom stereocenters. The Labute approximate surface area is 181 Å². The molecule has 2 aromatic rings. The van der Waals surface area contributed by atoms with Crippen molar-refractivity contribution in [3.8, 4) is 0 Å². The van der Waals surface area contributed by atoms with E-state index in [4.69, 9.17) is 0 Å². The van der Waals surface area contributed by atoms with Crippen LogP contribution in [0.2, 0.25) is 0 Å². The Morgan fingerprint density at radius 1 is 1.00 bits per heavy atom. The maximum Gasteiger partial charge on any atom is 0.242 e. The van der Waals surface area contributed by atoms with E-state index in [1.54, 1.807) is 4.90 Å². The molecule has 1 N–H and O–H groups in total. The molecule has 0 radical (unpaired) electrons. The molecule has 162 valence electrons. The summed E-state index contributed by atoms with van der Waals surface area (Å²) in [4.78, 5) is 27.7. The van der Waals surface area contributed by atoms with Crippen molar-refractivity contribution in [1.82, 2.24) is 10.2 Å². The van der Waals surface area contributed by atoms with Crippen LogP contribution >= 0.6 is 0 Å². The Bertz CT molecular complexity index is 827. The van der Waals surface area contributed by atoms with E-state index in [-0.39, 0.29) is 11.8 Å². The molecule has 0 spiro atoms. The lowest BCUT2D eigenvalue weighted by atomic mass is 10.00. The number of benzene rings is 2. The number of likely N-dealkylation sites (N-methyl/N-ethyl adjacent to an activating group) is 1. The maximum atomic E-state index is 13.3. The molecule has 4 nitrogen and oxygen atoms in total. The summed E-state index contributed by atoms with van der Waals surface area (Å²) in [6.07, 6.45) is 1.66. The lowest BCUT2D eigenvalue weighted by molar-refractivity contribution is -0.141. The Hall–Kier alpha value is -2.62. The molecule has 0 fully saturated rings. The molecule has 0 aliphatic carbocycles. The van der Waals surface area contributed by atoms with Gasteiger partial charge in [-0.2, -0.15) is 0 Å². The topological polar surface area (TPSA) is 49.4 Å². The molecule has 0 bridgehead atoms. The predicted molar refractivity (Wildman–Crippen MR) is 123 cm³/mol. The first kappa shape index (κ1) is 23.7. The Morgan fingerprint density at radius 2 is 1.67 bits per heavy atom. The summed E-state index contributed by atoms with van der Waals surface area (Å²) >= 11 is 0. The molecule has 2 amide bonds. The molecule has 30 heavy (non-hydrogen) atoms. The van der Waals surface area contributed by atoms with Gasteiger partial charge < -0.3 is 10.2 Å². The number of hydrogen-bond acceptors (Lipinski definition) is 2. The highest BCUT2D eigenvalue weighted by Gasteiger charge is 2.28. The van der Waals surface area contributed by atoms with Gasteiger partial charge in [-0.3, -0.25) is 9.59 Å². The van der Waals surface area contributed by atoms with Crippen LogP contribution < -0.4 is 5.32 Å². The van der Waals surface area contributed by atoms with Crippen molar-refractivity contribution in [3.63, 3.8) is 0 Å². The Kier molecular flexibility index (Phi) is 9.10. The molecule has 2 aromatic carbocycles. The molecule has 4 heteroatoms. The number of carbonyl (C=O) groups excluding carboxylic acids is 2. The molecule has 2 rings (SSSR count). The molecule has 0 aliphatic rings. The quantitative estimate of drug-likeness (QED) is 0.602. The normalized spacial score (nSPS) is 11.9. The van der Waals surface area contributed by atoms with E-state index in [0.29, 0.717) is 38.3 Å². The van der Waals surface area contributed by atoms with E-state index in [9.17, 15) is 9.59 Å². The van der Waals surface area contributed by atoms with Crippen molar-refractivity contribution >= 4 is 11.8 Å². The Morgan fingerprint density at radius 3 is 2.23 bits per heavy atom. The monoisotopic (exact) mass is 408 g/mol. The molecule has 0 aliphatic heterocycles. The van der Waals surface area contributed by atoms with Crippen molar-refractivity contribution in [2.45, 2.75) is 72.4 Å². The summed E-state index contributed by atoms with van der Waals surface area (Å²) in [6.45, 7) is 11.3. The van der Waals surface area contributed by atoms with Gasteiger partial charge in [0.05, 0.1) is 0 Å². The number of rotatable bonds is 10. The average molecular weight is 409 g/mol. The van der Waals surface area contributed by atoms with E-state index in [1.807, 2.05) is 45.0 Å². The van der Waals surface area contributed by atoms with Gasteiger partial charge in [0, 0.05) is 19.5 Å². The van der Waals surface area contributed by atoms with Crippen molar-refractivity contribution in [3.05, 3.63) is 70.8 Å². The van der Waals surface area contributed by atoms with Gasteiger partial charge in [0.25, 0.3) is 0 Å². The fourth-order valence-electron chi connectivity index (χ4n) is 3.65. The lowest BCUT2D eigenvalue weighted by Crippen LogP contribution is -2.49. The zero-order chi connectivity index (χ0) is 22.1. The number of hydrogen-bond donors (Lipinski definition) is 1. The average Bonchev–Trinajstić information content (AvgIpc) is 2.73. The molecule has 0 unspecified atom stereocenters. The highest BCUT2D eigenvalue weighted by molar-refractivity contribution is 5.87. The number of carbonyl (C=O) groups is 2. The first-order chi connectivity index (χ1) is 14.4. The minimum absolute atomic E-state index is 0.0179. The molecular formula is C26H36N2O2. The molecule has 0 saturated carbocycles. The van der Waals surface area contributed by atoms with E-state index < -0.39 is 6.04 Å². The van der Waals surface area contributed by atoms with E-state index >= 15 is 0 Å². The summed E-state index contributed by atoms with van der Waals surface area (Å²) in [5.41, 5.74) is 4.66. The number of amides is 2. The van der Waals surface area contributed by atoms with Crippen molar-refractivity contribution in [2.24, 2.45) is 0 Å². The van der Waals surface area contributed by atoms with Crippen LogP contribution in [0.1, 0.15) is 68.7 Å². The summed E-state index contributed by atoms with van der Waals surface area (Å²) < 4.78 is 0. The highest BCUT2D eigenvalue weighted by atomic mass is 16.2. The zero-order valence-corrected chi connectivity index (χ0v) is 19.1. The van der Waals surface area contributed by atoms with Gasteiger partial charge in [0.1, 0.15) is 6.04 Å². The van der Waals surface area contributed by atoms with Gasteiger partial charge in [-0.05, 0) is 54.9 Å². The van der Waals surface area contributed by atoms with Crippen LogP contribution in [0.3, 0.4) is 0 Å². The maximum absolute atomic E-state index is 13.3. The van der Waals surface area contributed by atoms with Gasteiger partial charge in [-0.25, -0.2) is 0 Å². The second kappa shape index (κ2) is 11.5. The lowest BCUT2D eigenvalue weighted by Gasteiger charge is -2.31. The number of nitrogens with one attached hydrogen (secondary N) is 1. The first-order valence-corrected chi connectivity index (χ1v) is 11.1. The van der Waals surface area contributed by atoms with Crippen LogP contribution in [-0.2, 0) is 22.6 Å². The van der Waals surface area contributed by atoms with Gasteiger partial charge in [-0.15, -0.1) is 0 Å². The van der Waals surface area contributed by atoms with Crippen molar-refractivity contribution < 1.29 is 9.59 Å². The predicted octanol–water partition coefficient (Wildman–Crippen LogP) is 4.99. The summed E-state index contributed by atoms with van der Waals surface area (Å²) in [5, 5.41) is 2.89. The third kappa shape index (κ3) is 6.45. The summed E-state index contributed by atoms with van der Waals surface area (Å²) in [7, 11) is 0. The molecular weight excluding hydrogens is 372 g/mol. The highest BCUT2D eigenvalue weighted by Crippen LogP contribution is 2.19. The molecule has 0 heterocycles. The van der Waals surface area contributed by atoms with Gasteiger partial charge in [0.2, 0.25) is 11.8 Å². The molecule has 0 aromatic heterocycles. The minimum Gasteiger partial charge on any atom is -0.355 e. The van der Waals surface area contributed by atoms with E-state index in [0.717, 1.165) is 16.7 Å². The minimum atomic E-state index is -0.458. The largest absolute Gasteiger partial charge is 0.355 e. The van der Waals surface area contributed by atoms with Gasteiger partial charge in [-0.1, -0.05) is 69.3 Å². The van der Waals surface area contributed by atoms with E-state index in [1.165, 1.54) is 5.56 Å². The summed E-state index contributed by atoms with van der Waals surface area (Å²) in [5.74, 6) is 0.431. The fourth-order valence-corrected chi connectivity index (χ4v) is 3.65. The number of nitrogens with zero attached hydrogens (tertiary/aromatic N) is 1. The number of aryl methyl sites for hydroxylation is 2. The van der Waals surface area contributed by atoms with Crippen molar-refractivity contribution in [1.29, 1.82) is 0 Å². The van der Waals surface area contributed by atoms with Gasteiger partial charge in [0.15, 0.2) is 0 Å². The zero-order valence-electron chi connectivity index (χ0n) is 19.1. The second-order valence-corrected chi connectivity index (χ2v) is 8.16. The standard InChI is InChI=1S/C26H36N2O2/c1-6-24(26(30)27-7-2)28(18-23-11-9-8-10-20(23)5)25(29)17-14-21-12-15-22(16-13-21)19(3)4/h8-13,15-16,19,24H,6-7,14,17-18H2,1-5H3,(H,27,30)/t24-/m0/s1. The third-order valence-corrected chi connectivity index (χ3v) is 5.61. The smallest absolute Gasteiger partial charge is 0.242 e. The SMILES string of the molecule is CCNC(=O)[C@H](CC)N(Cc1ccccc1C)C(=O)CCc1ccc(C(C)C)cc1. The summed E-state index contributed by atoms with van der Waals surface area (Å²) in [6, 6.07) is 16.1. The van der Waals surface area contributed by atoms with Crippen LogP contribution in [0.25, 0.3) is 0 Å². The van der Waals surface area contributed by atoms with Crippen LogP contribution in [0, 0.1) is 6.92 Å². The van der Waals surface area contributed by atoms with Crippen LogP contribution in [0.15, 0.2) is 48.5 Å². The van der Waals surface area contributed by atoms with Crippen LogP contribution in [-0.4, -0.2) is 29.3 Å². The third-order valence-electron chi connectivity index (χ3n) is 5.61. The Balaban J connectivity index is 2.18. The van der Waals surface area contributed by atoms with Crippen LogP contribution in [0.5, 0.6) is 0 Å². The first-order valence-electron chi connectivity index (χ1n) is 11.1.